The van der Waals surface area contributed by atoms with E-state index in [9.17, 15) is 31.6 Å². The van der Waals surface area contributed by atoms with Crippen LogP contribution in [0.2, 0.25) is 0 Å². The zero-order valence-electron chi connectivity index (χ0n) is 22.2. The molecule has 0 saturated carbocycles. The Kier molecular flexibility index (Phi) is 9.25. The number of sulfone groups is 1. The van der Waals surface area contributed by atoms with Gasteiger partial charge in [-0.25, -0.2) is 13.9 Å². The zero-order valence-corrected chi connectivity index (χ0v) is 23.1. The lowest BCUT2D eigenvalue weighted by Gasteiger charge is -2.34. The number of benzene rings is 3. The second kappa shape index (κ2) is 12.5. The molecule has 8 nitrogen and oxygen atoms in total. The molecule has 1 saturated heterocycles. The summed E-state index contributed by atoms with van der Waals surface area (Å²) >= 11 is 0. The Hall–Kier alpha value is -3.61. The Morgan fingerprint density at radius 1 is 1.02 bits per heavy atom. The number of rotatable bonds is 10. The second-order valence-electron chi connectivity index (χ2n) is 9.70. The van der Waals surface area contributed by atoms with Crippen molar-refractivity contribution < 1.29 is 45.8 Å². The van der Waals surface area contributed by atoms with E-state index in [1.54, 1.807) is 19.1 Å². The second-order valence-corrected chi connectivity index (χ2v) is 12.0. The van der Waals surface area contributed by atoms with Crippen LogP contribution in [0.3, 0.4) is 0 Å². The van der Waals surface area contributed by atoms with Gasteiger partial charge in [-0.15, -0.1) is 13.2 Å². The van der Waals surface area contributed by atoms with Crippen molar-refractivity contribution in [3.63, 3.8) is 0 Å². The van der Waals surface area contributed by atoms with Gasteiger partial charge in [0.15, 0.2) is 14.6 Å². The van der Waals surface area contributed by atoms with Crippen LogP contribution in [0.4, 0.5) is 13.2 Å². The minimum absolute atomic E-state index is 0.0552. The van der Waals surface area contributed by atoms with Gasteiger partial charge in [-0.3, -0.25) is 10.0 Å². The summed E-state index contributed by atoms with van der Waals surface area (Å²) < 4.78 is 77.6. The van der Waals surface area contributed by atoms with E-state index in [0.29, 0.717) is 30.8 Å². The van der Waals surface area contributed by atoms with Crippen LogP contribution in [-0.2, 0) is 25.8 Å². The molecule has 4 rings (SSSR count). The molecule has 0 radical (unpaired) electrons. The molecule has 3 aromatic carbocycles. The van der Waals surface area contributed by atoms with E-state index in [0.717, 1.165) is 16.7 Å². The number of hydrogen-bond donors (Lipinski definition) is 2. The topological polar surface area (TPSA) is 111 Å². The molecule has 1 fully saturated rings. The first-order valence-electron chi connectivity index (χ1n) is 12.9. The molecule has 1 aliphatic rings. The van der Waals surface area contributed by atoms with Gasteiger partial charge in [-0.1, -0.05) is 30.3 Å². The van der Waals surface area contributed by atoms with Gasteiger partial charge < -0.3 is 14.2 Å². The summed E-state index contributed by atoms with van der Waals surface area (Å²) in [5, 5.41) is 9.17. The summed E-state index contributed by atoms with van der Waals surface area (Å²) in [6, 6.07) is 18.0. The third-order valence-corrected chi connectivity index (χ3v) is 9.52. The molecule has 1 heterocycles. The van der Waals surface area contributed by atoms with E-state index < -0.39 is 26.9 Å². The largest absolute Gasteiger partial charge is 0.573 e. The number of carbonyl (C=O) groups is 1. The number of hydrogen-bond acceptors (Lipinski definition) is 7. The molecule has 0 atom stereocenters. The first kappa shape index (κ1) is 30.4. The van der Waals surface area contributed by atoms with Crippen LogP contribution >= 0.6 is 0 Å². The fourth-order valence-corrected chi connectivity index (χ4v) is 6.74. The minimum atomic E-state index is -4.75. The Morgan fingerprint density at radius 2 is 1.71 bits per heavy atom. The summed E-state index contributed by atoms with van der Waals surface area (Å²) in [6.07, 6.45) is -3.56. The van der Waals surface area contributed by atoms with Crippen LogP contribution in [-0.4, -0.2) is 50.5 Å². The standard InChI is InChI=1S/C29H30F3NO7S/c1-20-18-23(7-12-26(20)40-29(30,31)32)22-6-2-4-21(19-22)5-3-15-39-24-8-10-25(11-9-24)41(36,37)28(27(34)33-35)13-16-38-17-14-28/h2,4,6-12,18-19,35H,3,5,13-17H2,1H3,(H,33,34). The van der Waals surface area contributed by atoms with Crippen LogP contribution in [0.15, 0.2) is 71.6 Å². The van der Waals surface area contributed by atoms with Crippen molar-refractivity contribution in [2.24, 2.45) is 0 Å². The van der Waals surface area contributed by atoms with E-state index in [4.69, 9.17) is 9.47 Å². The third kappa shape index (κ3) is 7.00. The maximum Gasteiger partial charge on any atom is 0.573 e. The average molecular weight is 594 g/mol. The molecule has 12 heteroatoms. The number of ether oxygens (including phenoxy) is 3. The lowest BCUT2D eigenvalue weighted by Crippen LogP contribution is -2.54. The Bertz CT molecular complexity index is 1470. The van der Waals surface area contributed by atoms with Crippen molar-refractivity contribution in [3.8, 4) is 22.6 Å². The first-order chi connectivity index (χ1) is 19.4. The van der Waals surface area contributed by atoms with Crippen LogP contribution < -0.4 is 15.0 Å². The first-order valence-corrected chi connectivity index (χ1v) is 14.4. The highest BCUT2D eigenvalue weighted by atomic mass is 32.2. The van der Waals surface area contributed by atoms with Gasteiger partial charge in [0.2, 0.25) is 0 Å². The van der Waals surface area contributed by atoms with Crippen molar-refractivity contribution in [1.82, 2.24) is 5.48 Å². The van der Waals surface area contributed by atoms with Gasteiger partial charge >= 0.3 is 6.36 Å². The van der Waals surface area contributed by atoms with Gasteiger partial charge in [0.25, 0.3) is 5.91 Å². The summed E-state index contributed by atoms with van der Waals surface area (Å²) in [5.74, 6) is -0.756. The average Bonchev–Trinajstić information content (AvgIpc) is 2.96. The molecule has 0 aromatic heterocycles. The molecule has 41 heavy (non-hydrogen) atoms. The molecule has 1 amide bonds. The Balaban J connectivity index is 1.35. The van der Waals surface area contributed by atoms with Crippen LogP contribution in [0.5, 0.6) is 11.5 Å². The number of halogens is 3. The molecule has 0 unspecified atom stereocenters. The molecule has 2 N–H and O–H groups in total. The molecular formula is C29H30F3NO7S. The van der Waals surface area contributed by atoms with Gasteiger partial charge in [-0.2, -0.15) is 0 Å². The fraction of sp³-hybridized carbons (Fsp3) is 0.345. The predicted molar refractivity (Wildman–Crippen MR) is 143 cm³/mol. The van der Waals surface area contributed by atoms with E-state index in [1.165, 1.54) is 35.8 Å². The fourth-order valence-electron chi connectivity index (χ4n) is 4.80. The van der Waals surface area contributed by atoms with Crippen molar-refractivity contribution in [2.45, 2.75) is 48.6 Å². The van der Waals surface area contributed by atoms with E-state index in [-0.39, 0.29) is 36.7 Å². The van der Waals surface area contributed by atoms with Crippen molar-refractivity contribution in [1.29, 1.82) is 0 Å². The van der Waals surface area contributed by atoms with Crippen molar-refractivity contribution in [3.05, 3.63) is 77.9 Å². The van der Waals surface area contributed by atoms with Crippen LogP contribution in [0.25, 0.3) is 11.1 Å². The monoisotopic (exact) mass is 593 g/mol. The number of carbonyl (C=O) groups excluding carboxylic acids is 1. The highest BCUT2D eigenvalue weighted by Crippen LogP contribution is 2.36. The lowest BCUT2D eigenvalue weighted by atomic mass is 9.98. The highest BCUT2D eigenvalue weighted by molar-refractivity contribution is 7.93. The quantitative estimate of drug-likeness (QED) is 0.184. The lowest BCUT2D eigenvalue weighted by molar-refractivity contribution is -0.274. The smallest absolute Gasteiger partial charge is 0.494 e. The number of amides is 1. The van der Waals surface area contributed by atoms with Crippen LogP contribution in [0.1, 0.15) is 30.4 Å². The van der Waals surface area contributed by atoms with Gasteiger partial charge in [0.1, 0.15) is 11.5 Å². The molecule has 3 aromatic rings. The number of aryl methyl sites for hydroxylation is 2. The van der Waals surface area contributed by atoms with Gasteiger partial charge in [0.05, 0.1) is 11.5 Å². The van der Waals surface area contributed by atoms with Gasteiger partial charge in [-0.05, 0) is 91.3 Å². The predicted octanol–water partition coefficient (Wildman–Crippen LogP) is 5.40. The Morgan fingerprint density at radius 3 is 2.34 bits per heavy atom. The number of nitrogens with one attached hydrogen (secondary N) is 1. The minimum Gasteiger partial charge on any atom is -0.494 e. The van der Waals surface area contributed by atoms with E-state index in [1.807, 2.05) is 24.3 Å². The highest BCUT2D eigenvalue weighted by Gasteiger charge is 2.52. The molecular weight excluding hydrogens is 563 g/mol. The normalized spacial score (nSPS) is 15.2. The number of alkyl halides is 3. The van der Waals surface area contributed by atoms with Crippen LogP contribution in [0, 0.1) is 6.92 Å². The van der Waals surface area contributed by atoms with E-state index in [2.05, 4.69) is 4.74 Å². The van der Waals surface area contributed by atoms with E-state index >= 15 is 0 Å². The number of hydroxylamine groups is 1. The summed E-state index contributed by atoms with van der Waals surface area (Å²) in [5.41, 5.74) is 4.51. The zero-order chi connectivity index (χ0) is 29.7. The maximum atomic E-state index is 13.3. The molecule has 0 spiro atoms. The third-order valence-electron chi connectivity index (χ3n) is 7.00. The SMILES string of the molecule is Cc1cc(-c2cccc(CCCOc3ccc(S(=O)(=O)C4(C(=O)NO)CCOCC4)cc3)c2)ccc1OC(F)(F)F. The Labute approximate surface area is 235 Å². The molecule has 220 valence electrons. The molecule has 0 bridgehead atoms. The van der Waals surface area contributed by atoms with Crippen molar-refractivity contribution in [2.75, 3.05) is 19.8 Å². The summed E-state index contributed by atoms with van der Waals surface area (Å²) in [4.78, 5) is 12.3. The summed E-state index contributed by atoms with van der Waals surface area (Å²) in [6.45, 7) is 2.08. The van der Waals surface area contributed by atoms with Gasteiger partial charge in [0, 0.05) is 13.2 Å². The summed E-state index contributed by atoms with van der Waals surface area (Å²) in [7, 11) is -4.12. The molecule has 0 aliphatic carbocycles. The maximum absolute atomic E-state index is 13.3. The molecule has 1 aliphatic heterocycles. The van der Waals surface area contributed by atoms with Crippen molar-refractivity contribution >= 4 is 15.7 Å².